The van der Waals surface area contributed by atoms with Crippen molar-refractivity contribution in [1.82, 2.24) is 4.90 Å². The molecule has 1 atom stereocenters. The van der Waals surface area contributed by atoms with Crippen molar-refractivity contribution in [3.63, 3.8) is 0 Å². The van der Waals surface area contributed by atoms with E-state index in [0.29, 0.717) is 25.5 Å². The molecule has 0 N–H and O–H groups in total. The van der Waals surface area contributed by atoms with E-state index in [4.69, 9.17) is 4.74 Å². The number of carbonyl (C=O) groups is 1. The molecule has 1 fully saturated rings. The van der Waals surface area contributed by atoms with Crippen LogP contribution in [0.4, 0.5) is 0 Å². The van der Waals surface area contributed by atoms with E-state index in [-0.39, 0.29) is 6.04 Å². The summed E-state index contributed by atoms with van der Waals surface area (Å²) in [6.45, 7) is 4.37. The Kier molecular flexibility index (Phi) is 11.2. The molecule has 1 aliphatic heterocycles. The van der Waals surface area contributed by atoms with Crippen molar-refractivity contribution >= 4 is 21.8 Å². The molecule has 3 nitrogen and oxygen atoms in total. The highest BCUT2D eigenvalue weighted by Gasteiger charge is 2.25. The second-order valence-corrected chi connectivity index (χ2v) is 6.70. The van der Waals surface area contributed by atoms with Crippen LogP contribution >= 0.6 is 15.9 Å². The van der Waals surface area contributed by atoms with Crippen molar-refractivity contribution in [2.75, 3.05) is 25.1 Å². The Balaban J connectivity index is 2.00. The number of nitrogens with zero attached hydrogens (tertiary/aromatic N) is 1. The van der Waals surface area contributed by atoms with E-state index in [9.17, 15) is 4.79 Å². The Morgan fingerprint density at radius 1 is 1.10 bits per heavy atom. The summed E-state index contributed by atoms with van der Waals surface area (Å²) in [6, 6.07) is 0.227. The summed E-state index contributed by atoms with van der Waals surface area (Å²) in [5.41, 5.74) is 0. The lowest BCUT2D eigenvalue weighted by Crippen LogP contribution is -2.49. The highest BCUT2D eigenvalue weighted by molar-refractivity contribution is 9.09. The largest absolute Gasteiger partial charge is 0.377 e. The first-order valence-electron chi connectivity index (χ1n) is 8.72. The van der Waals surface area contributed by atoms with Crippen LogP contribution in [0.1, 0.15) is 71.1 Å². The summed E-state index contributed by atoms with van der Waals surface area (Å²) in [5, 5.41) is 0.816. The van der Waals surface area contributed by atoms with E-state index in [1.165, 1.54) is 51.4 Å². The lowest BCUT2D eigenvalue weighted by Gasteiger charge is -2.34. The predicted octanol–water partition coefficient (Wildman–Crippen LogP) is 4.53. The number of rotatable bonds is 11. The second-order valence-electron chi connectivity index (χ2n) is 6.05. The lowest BCUT2D eigenvalue weighted by atomic mass is 10.1. The van der Waals surface area contributed by atoms with E-state index in [2.05, 4.69) is 22.9 Å². The number of amides is 1. The van der Waals surface area contributed by atoms with Crippen molar-refractivity contribution < 1.29 is 9.53 Å². The molecule has 0 saturated carbocycles. The average molecular weight is 362 g/mol. The van der Waals surface area contributed by atoms with Gasteiger partial charge in [-0.2, -0.15) is 0 Å². The molecule has 1 amide bonds. The molecule has 0 aliphatic carbocycles. The van der Waals surface area contributed by atoms with Crippen LogP contribution in [0.2, 0.25) is 0 Å². The van der Waals surface area contributed by atoms with E-state index < -0.39 is 0 Å². The zero-order valence-electron chi connectivity index (χ0n) is 13.6. The van der Waals surface area contributed by atoms with Crippen molar-refractivity contribution in [3.8, 4) is 0 Å². The Bertz CT molecular complexity index is 274. The van der Waals surface area contributed by atoms with E-state index in [0.717, 1.165) is 18.3 Å². The van der Waals surface area contributed by atoms with Gasteiger partial charge in [-0.15, -0.1) is 0 Å². The SMILES string of the molecule is CCCCCCCCCCCC(=O)N1CCOCC1CBr. The number of morpholine rings is 1. The second kappa shape index (κ2) is 12.5. The molecule has 1 aliphatic rings. The molecule has 0 aromatic carbocycles. The monoisotopic (exact) mass is 361 g/mol. The van der Waals surface area contributed by atoms with Gasteiger partial charge >= 0.3 is 0 Å². The maximum Gasteiger partial charge on any atom is 0.223 e. The number of hydrogen-bond acceptors (Lipinski definition) is 2. The van der Waals surface area contributed by atoms with Crippen LogP contribution in [0.25, 0.3) is 0 Å². The van der Waals surface area contributed by atoms with Gasteiger partial charge in [-0.25, -0.2) is 0 Å². The molecule has 21 heavy (non-hydrogen) atoms. The first kappa shape index (κ1) is 19.0. The first-order valence-corrected chi connectivity index (χ1v) is 9.85. The smallest absolute Gasteiger partial charge is 0.223 e. The van der Waals surface area contributed by atoms with Gasteiger partial charge in [-0.05, 0) is 6.42 Å². The van der Waals surface area contributed by atoms with Gasteiger partial charge in [0.2, 0.25) is 5.91 Å². The van der Waals surface area contributed by atoms with Gasteiger partial charge in [0.15, 0.2) is 0 Å². The van der Waals surface area contributed by atoms with Gasteiger partial charge in [0, 0.05) is 18.3 Å². The predicted molar refractivity (Wildman–Crippen MR) is 92.0 cm³/mol. The molecule has 1 unspecified atom stereocenters. The van der Waals surface area contributed by atoms with Crippen LogP contribution < -0.4 is 0 Å². The Morgan fingerprint density at radius 3 is 2.33 bits per heavy atom. The van der Waals surface area contributed by atoms with Crippen molar-refractivity contribution in [1.29, 1.82) is 0 Å². The number of alkyl halides is 1. The number of carbonyl (C=O) groups excluding carboxylic acids is 1. The molecule has 0 bridgehead atoms. The van der Waals surface area contributed by atoms with Gasteiger partial charge in [0.25, 0.3) is 0 Å². The quantitative estimate of drug-likeness (QED) is 0.399. The summed E-state index contributed by atoms with van der Waals surface area (Å²) in [6.07, 6.45) is 12.4. The molecular weight excluding hydrogens is 330 g/mol. The highest BCUT2D eigenvalue weighted by atomic mass is 79.9. The minimum Gasteiger partial charge on any atom is -0.377 e. The number of hydrogen-bond donors (Lipinski definition) is 0. The van der Waals surface area contributed by atoms with Gasteiger partial charge in [0.05, 0.1) is 19.3 Å². The molecule has 124 valence electrons. The molecule has 1 heterocycles. The molecule has 1 saturated heterocycles. The molecule has 0 spiro atoms. The summed E-state index contributed by atoms with van der Waals surface area (Å²) in [4.78, 5) is 14.2. The molecule has 4 heteroatoms. The zero-order chi connectivity index (χ0) is 15.3. The fourth-order valence-corrected chi connectivity index (χ4v) is 3.38. The fourth-order valence-electron chi connectivity index (χ4n) is 2.84. The zero-order valence-corrected chi connectivity index (χ0v) is 15.2. The highest BCUT2D eigenvalue weighted by Crippen LogP contribution is 2.14. The summed E-state index contributed by atoms with van der Waals surface area (Å²) in [5.74, 6) is 0.311. The van der Waals surface area contributed by atoms with Gasteiger partial charge < -0.3 is 9.64 Å². The van der Waals surface area contributed by atoms with Crippen molar-refractivity contribution in [3.05, 3.63) is 0 Å². The number of ether oxygens (including phenoxy) is 1. The third-order valence-electron chi connectivity index (χ3n) is 4.22. The Hall–Kier alpha value is -0.0900. The van der Waals surface area contributed by atoms with Gasteiger partial charge in [-0.3, -0.25) is 4.79 Å². The van der Waals surface area contributed by atoms with Crippen LogP contribution in [0, 0.1) is 0 Å². The molecule has 1 rings (SSSR count). The molecule has 0 radical (unpaired) electrons. The summed E-state index contributed by atoms with van der Waals surface area (Å²) in [7, 11) is 0. The lowest BCUT2D eigenvalue weighted by molar-refractivity contribution is -0.138. The van der Waals surface area contributed by atoms with Crippen LogP contribution in [0.15, 0.2) is 0 Å². The minimum atomic E-state index is 0.227. The molecule has 0 aromatic heterocycles. The standard InChI is InChI=1S/C17H32BrNO2/c1-2-3-4-5-6-7-8-9-10-11-17(20)19-12-13-21-15-16(19)14-18/h16H,2-15H2,1H3. The molecular formula is C17H32BrNO2. The van der Waals surface area contributed by atoms with Gasteiger partial charge in [0.1, 0.15) is 0 Å². The van der Waals surface area contributed by atoms with Crippen LogP contribution in [-0.4, -0.2) is 41.9 Å². The fraction of sp³-hybridized carbons (Fsp3) is 0.941. The third kappa shape index (κ3) is 8.20. The van der Waals surface area contributed by atoms with Crippen LogP contribution in [0.3, 0.4) is 0 Å². The van der Waals surface area contributed by atoms with E-state index >= 15 is 0 Å². The maximum absolute atomic E-state index is 12.2. The van der Waals surface area contributed by atoms with Crippen LogP contribution in [0.5, 0.6) is 0 Å². The number of halogens is 1. The maximum atomic E-state index is 12.2. The Morgan fingerprint density at radius 2 is 1.71 bits per heavy atom. The normalized spacial score (nSPS) is 19.0. The van der Waals surface area contributed by atoms with Crippen LogP contribution in [-0.2, 0) is 9.53 Å². The number of unbranched alkanes of at least 4 members (excludes halogenated alkanes) is 8. The third-order valence-corrected chi connectivity index (χ3v) is 4.97. The van der Waals surface area contributed by atoms with Crippen molar-refractivity contribution in [2.45, 2.75) is 77.2 Å². The van der Waals surface area contributed by atoms with Crippen molar-refractivity contribution in [2.24, 2.45) is 0 Å². The van der Waals surface area contributed by atoms with Gasteiger partial charge in [-0.1, -0.05) is 74.2 Å². The van der Waals surface area contributed by atoms with E-state index in [1.807, 2.05) is 4.90 Å². The first-order chi connectivity index (χ1) is 10.3. The topological polar surface area (TPSA) is 29.5 Å². The summed E-state index contributed by atoms with van der Waals surface area (Å²) >= 11 is 3.47. The summed E-state index contributed by atoms with van der Waals surface area (Å²) < 4.78 is 5.43. The average Bonchev–Trinajstić information content (AvgIpc) is 2.53. The Labute approximate surface area is 138 Å². The molecule has 0 aromatic rings. The minimum absolute atomic E-state index is 0.227. The van der Waals surface area contributed by atoms with E-state index in [1.54, 1.807) is 0 Å².